The Balaban J connectivity index is 1.64. The van der Waals surface area contributed by atoms with E-state index >= 15 is 0 Å². The zero-order valence-corrected chi connectivity index (χ0v) is 11.8. The second kappa shape index (κ2) is 6.49. The molecule has 0 saturated carbocycles. The van der Waals surface area contributed by atoms with E-state index in [1.54, 1.807) is 0 Å². The van der Waals surface area contributed by atoms with Crippen LogP contribution in [0, 0.1) is 0 Å². The summed E-state index contributed by atoms with van der Waals surface area (Å²) in [4.78, 5) is 7.46. The third kappa shape index (κ3) is 3.54. The van der Waals surface area contributed by atoms with Gasteiger partial charge in [0.1, 0.15) is 0 Å². The van der Waals surface area contributed by atoms with Crippen LogP contribution in [-0.2, 0) is 6.54 Å². The highest BCUT2D eigenvalue weighted by atomic mass is 15.1. The first-order valence-corrected chi connectivity index (χ1v) is 7.81. The molecule has 1 unspecified atom stereocenters. The van der Waals surface area contributed by atoms with Crippen LogP contribution in [0.2, 0.25) is 0 Å². The smallest absolute Gasteiger partial charge is 0.0547 e. The number of nitrogens with one attached hydrogen (secondary N) is 1. The third-order valence-electron chi connectivity index (χ3n) is 4.38. The SMILES string of the molecule is c1cc(CN2CCCCC2)nc(C2CCCNC2)c1. The van der Waals surface area contributed by atoms with E-state index in [4.69, 9.17) is 4.98 Å². The van der Waals surface area contributed by atoms with Crippen LogP contribution in [0.1, 0.15) is 49.4 Å². The van der Waals surface area contributed by atoms with E-state index in [0.717, 1.165) is 13.1 Å². The topological polar surface area (TPSA) is 28.2 Å². The Labute approximate surface area is 116 Å². The monoisotopic (exact) mass is 259 g/mol. The van der Waals surface area contributed by atoms with Crippen LogP contribution in [0.25, 0.3) is 0 Å². The predicted octanol–water partition coefficient (Wildman–Crippen LogP) is 2.53. The molecule has 0 aromatic carbocycles. The average molecular weight is 259 g/mol. The number of pyridine rings is 1. The molecule has 2 aliphatic rings. The number of aromatic nitrogens is 1. The minimum atomic E-state index is 0.620. The molecule has 3 heterocycles. The molecule has 1 atom stereocenters. The van der Waals surface area contributed by atoms with Crippen molar-refractivity contribution in [2.45, 2.75) is 44.6 Å². The predicted molar refractivity (Wildman–Crippen MR) is 78.2 cm³/mol. The Bertz CT molecular complexity index is 393. The highest BCUT2D eigenvalue weighted by molar-refractivity contribution is 5.16. The molecule has 2 aliphatic heterocycles. The fraction of sp³-hybridized carbons (Fsp3) is 0.688. The third-order valence-corrected chi connectivity index (χ3v) is 4.38. The van der Waals surface area contributed by atoms with Crippen molar-refractivity contribution in [1.29, 1.82) is 0 Å². The van der Waals surface area contributed by atoms with Gasteiger partial charge in [-0.3, -0.25) is 9.88 Å². The highest BCUT2D eigenvalue weighted by Gasteiger charge is 2.17. The first-order valence-electron chi connectivity index (χ1n) is 7.81. The summed E-state index contributed by atoms with van der Waals surface area (Å²) in [5.41, 5.74) is 2.55. The van der Waals surface area contributed by atoms with Gasteiger partial charge in [0.15, 0.2) is 0 Å². The van der Waals surface area contributed by atoms with Gasteiger partial charge < -0.3 is 5.32 Å². The first-order chi connectivity index (χ1) is 9.42. The summed E-state index contributed by atoms with van der Waals surface area (Å²) in [5, 5.41) is 3.48. The molecule has 0 amide bonds. The second-order valence-electron chi connectivity index (χ2n) is 5.93. The van der Waals surface area contributed by atoms with Crippen molar-refractivity contribution in [3.8, 4) is 0 Å². The molecule has 3 rings (SSSR count). The number of rotatable bonds is 3. The van der Waals surface area contributed by atoms with E-state index in [9.17, 15) is 0 Å². The lowest BCUT2D eigenvalue weighted by Crippen LogP contribution is -2.30. The lowest BCUT2D eigenvalue weighted by molar-refractivity contribution is 0.218. The van der Waals surface area contributed by atoms with Gasteiger partial charge in [0.2, 0.25) is 0 Å². The molecule has 1 aromatic rings. The maximum Gasteiger partial charge on any atom is 0.0547 e. The first kappa shape index (κ1) is 13.1. The van der Waals surface area contributed by atoms with Gasteiger partial charge in [-0.25, -0.2) is 0 Å². The summed E-state index contributed by atoms with van der Waals surface area (Å²) >= 11 is 0. The minimum Gasteiger partial charge on any atom is -0.316 e. The molecule has 0 aliphatic carbocycles. The fourth-order valence-corrected chi connectivity index (χ4v) is 3.26. The molecule has 2 saturated heterocycles. The van der Waals surface area contributed by atoms with Crippen molar-refractivity contribution in [2.24, 2.45) is 0 Å². The summed E-state index contributed by atoms with van der Waals surface area (Å²) in [6.45, 7) is 5.80. The minimum absolute atomic E-state index is 0.620. The second-order valence-corrected chi connectivity index (χ2v) is 5.93. The largest absolute Gasteiger partial charge is 0.316 e. The molecular weight excluding hydrogens is 234 g/mol. The van der Waals surface area contributed by atoms with E-state index in [-0.39, 0.29) is 0 Å². The quantitative estimate of drug-likeness (QED) is 0.904. The normalized spacial score (nSPS) is 25.4. The number of piperidine rings is 2. The van der Waals surface area contributed by atoms with Gasteiger partial charge >= 0.3 is 0 Å². The summed E-state index contributed by atoms with van der Waals surface area (Å²) in [6.07, 6.45) is 6.67. The molecule has 0 spiro atoms. The van der Waals surface area contributed by atoms with E-state index in [1.165, 1.54) is 63.1 Å². The zero-order valence-electron chi connectivity index (χ0n) is 11.8. The van der Waals surface area contributed by atoms with Gasteiger partial charge in [-0.1, -0.05) is 12.5 Å². The number of hydrogen-bond acceptors (Lipinski definition) is 3. The van der Waals surface area contributed by atoms with Gasteiger partial charge in [-0.2, -0.15) is 0 Å². The van der Waals surface area contributed by atoms with E-state index < -0.39 is 0 Å². The summed E-state index contributed by atoms with van der Waals surface area (Å²) in [5.74, 6) is 0.620. The van der Waals surface area contributed by atoms with Crippen molar-refractivity contribution in [1.82, 2.24) is 15.2 Å². The lowest BCUT2D eigenvalue weighted by atomic mass is 9.95. The Morgan fingerprint density at radius 1 is 1.16 bits per heavy atom. The van der Waals surface area contributed by atoms with Gasteiger partial charge in [0.05, 0.1) is 5.69 Å². The van der Waals surface area contributed by atoms with Crippen LogP contribution in [0.3, 0.4) is 0 Å². The maximum absolute atomic E-state index is 4.91. The molecular formula is C16H25N3. The van der Waals surface area contributed by atoms with Crippen LogP contribution < -0.4 is 5.32 Å². The molecule has 0 radical (unpaired) electrons. The van der Waals surface area contributed by atoms with E-state index in [1.807, 2.05) is 0 Å². The Morgan fingerprint density at radius 3 is 2.84 bits per heavy atom. The number of likely N-dealkylation sites (tertiary alicyclic amines) is 1. The molecule has 1 N–H and O–H groups in total. The van der Waals surface area contributed by atoms with Crippen molar-refractivity contribution in [3.05, 3.63) is 29.6 Å². The van der Waals surface area contributed by atoms with E-state index in [2.05, 4.69) is 28.4 Å². The van der Waals surface area contributed by atoms with Crippen LogP contribution >= 0.6 is 0 Å². The summed E-state index contributed by atoms with van der Waals surface area (Å²) < 4.78 is 0. The molecule has 1 aromatic heterocycles. The number of nitrogens with zero attached hydrogens (tertiary/aromatic N) is 2. The van der Waals surface area contributed by atoms with Crippen LogP contribution in [0.15, 0.2) is 18.2 Å². The van der Waals surface area contributed by atoms with Crippen molar-refractivity contribution < 1.29 is 0 Å². The van der Waals surface area contributed by atoms with Crippen molar-refractivity contribution in [3.63, 3.8) is 0 Å². The Morgan fingerprint density at radius 2 is 2.05 bits per heavy atom. The molecule has 3 nitrogen and oxygen atoms in total. The van der Waals surface area contributed by atoms with Gasteiger partial charge in [-0.05, 0) is 57.5 Å². The Hall–Kier alpha value is -0.930. The van der Waals surface area contributed by atoms with Crippen LogP contribution in [-0.4, -0.2) is 36.1 Å². The van der Waals surface area contributed by atoms with Crippen molar-refractivity contribution >= 4 is 0 Å². The number of hydrogen-bond donors (Lipinski definition) is 1. The zero-order chi connectivity index (χ0) is 12.9. The van der Waals surface area contributed by atoms with E-state index in [0.29, 0.717) is 5.92 Å². The van der Waals surface area contributed by atoms with Gasteiger partial charge in [0, 0.05) is 24.7 Å². The summed E-state index contributed by atoms with van der Waals surface area (Å²) in [6, 6.07) is 6.59. The molecule has 19 heavy (non-hydrogen) atoms. The van der Waals surface area contributed by atoms with Crippen LogP contribution in [0.5, 0.6) is 0 Å². The lowest BCUT2D eigenvalue weighted by Gasteiger charge is -2.27. The van der Waals surface area contributed by atoms with Crippen LogP contribution in [0.4, 0.5) is 0 Å². The Kier molecular flexibility index (Phi) is 4.46. The van der Waals surface area contributed by atoms with Gasteiger partial charge in [-0.15, -0.1) is 0 Å². The van der Waals surface area contributed by atoms with Crippen molar-refractivity contribution in [2.75, 3.05) is 26.2 Å². The standard InChI is InChI=1S/C16H25N3/c1-2-10-19(11-3-1)13-15-7-4-8-16(18-15)14-6-5-9-17-12-14/h4,7-8,14,17H,1-3,5-6,9-13H2. The highest BCUT2D eigenvalue weighted by Crippen LogP contribution is 2.22. The van der Waals surface area contributed by atoms with Gasteiger partial charge in [0.25, 0.3) is 0 Å². The average Bonchev–Trinajstić information content (AvgIpc) is 2.49. The molecule has 2 fully saturated rings. The molecule has 104 valence electrons. The summed E-state index contributed by atoms with van der Waals surface area (Å²) in [7, 11) is 0. The molecule has 0 bridgehead atoms. The fourth-order valence-electron chi connectivity index (χ4n) is 3.26. The molecule has 3 heteroatoms. The maximum atomic E-state index is 4.91.